The van der Waals surface area contributed by atoms with Crippen LogP contribution < -0.4 is 15.4 Å². The van der Waals surface area contributed by atoms with Crippen LogP contribution in [0.1, 0.15) is 49.3 Å². The smallest absolute Gasteiger partial charge is 0.374 e. The van der Waals surface area contributed by atoms with Crippen LogP contribution in [0.5, 0.6) is 0 Å². The van der Waals surface area contributed by atoms with Crippen molar-refractivity contribution in [2.45, 2.75) is 67.7 Å². The normalized spacial score (nSPS) is 26.3. The fourth-order valence-electron chi connectivity index (χ4n) is 5.80. The number of alkyl halides is 3. The van der Waals surface area contributed by atoms with Crippen LogP contribution in [0.3, 0.4) is 0 Å². The van der Waals surface area contributed by atoms with Crippen LogP contribution >= 0.6 is 0 Å². The van der Waals surface area contributed by atoms with Gasteiger partial charge in [0.05, 0.1) is 10.9 Å². The summed E-state index contributed by atoms with van der Waals surface area (Å²) >= 11 is 0. The second-order valence-corrected chi connectivity index (χ2v) is 12.1. The van der Waals surface area contributed by atoms with Crippen LogP contribution in [0.15, 0.2) is 53.4 Å². The average molecular weight is 551 g/mol. The van der Waals surface area contributed by atoms with Gasteiger partial charge in [0.2, 0.25) is 15.9 Å². The van der Waals surface area contributed by atoms with E-state index >= 15 is 0 Å². The standard InChI is InChI=1S/C27H33F3N4O3S/c28-27(29,30)25-13-9-18-8-12-22(16-23(18)32-25)38(36,37)33-21-10-6-20(7-11-21)26(35)34-15-14-31-17-24(34)19-4-2-1-3-5-19/h1-5,8,12,16,20-21,24-25,31-33H,6-7,9-11,13-15,17H2. The Kier molecular flexibility index (Phi) is 7.70. The number of nitrogens with zero attached hydrogens (tertiary/aromatic N) is 1. The molecule has 2 aliphatic heterocycles. The van der Waals surface area contributed by atoms with Gasteiger partial charge < -0.3 is 15.5 Å². The number of halogens is 3. The van der Waals surface area contributed by atoms with E-state index in [0.717, 1.165) is 12.1 Å². The van der Waals surface area contributed by atoms with Gasteiger partial charge in [-0.3, -0.25) is 4.79 Å². The molecule has 3 N–H and O–H groups in total. The molecule has 38 heavy (non-hydrogen) atoms. The Bertz CT molecular complexity index is 1250. The minimum absolute atomic E-state index is 0.0248. The second kappa shape index (κ2) is 10.9. The van der Waals surface area contributed by atoms with E-state index in [4.69, 9.17) is 0 Å². The zero-order chi connectivity index (χ0) is 26.9. The van der Waals surface area contributed by atoms with Crippen LogP contribution in [0, 0.1) is 5.92 Å². The van der Waals surface area contributed by atoms with E-state index in [2.05, 4.69) is 15.4 Å². The van der Waals surface area contributed by atoms with E-state index in [0.29, 0.717) is 44.3 Å². The number of piperazine rings is 1. The number of rotatable bonds is 5. The van der Waals surface area contributed by atoms with Gasteiger partial charge in [-0.25, -0.2) is 13.1 Å². The van der Waals surface area contributed by atoms with Gasteiger partial charge >= 0.3 is 6.18 Å². The minimum atomic E-state index is -4.40. The summed E-state index contributed by atoms with van der Waals surface area (Å²) in [5.41, 5.74) is 1.97. The number of hydrogen-bond donors (Lipinski definition) is 3. The lowest BCUT2D eigenvalue weighted by molar-refractivity contribution is -0.144. The molecule has 2 aromatic rings. The van der Waals surface area contributed by atoms with Crippen molar-refractivity contribution in [3.05, 3.63) is 59.7 Å². The van der Waals surface area contributed by atoms with E-state index in [1.54, 1.807) is 6.07 Å². The third-order valence-electron chi connectivity index (χ3n) is 7.93. The van der Waals surface area contributed by atoms with Gasteiger partial charge in [-0.05, 0) is 61.8 Å². The quantitative estimate of drug-likeness (QED) is 0.524. The first-order valence-corrected chi connectivity index (χ1v) is 14.6. The molecule has 2 fully saturated rings. The molecule has 5 rings (SSSR count). The number of carbonyl (C=O) groups is 1. The Balaban J connectivity index is 1.20. The van der Waals surface area contributed by atoms with E-state index in [9.17, 15) is 26.4 Å². The van der Waals surface area contributed by atoms with Crippen molar-refractivity contribution < 1.29 is 26.4 Å². The summed E-state index contributed by atoms with van der Waals surface area (Å²) in [6.07, 6.45) is -2.03. The summed E-state index contributed by atoms with van der Waals surface area (Å²) in [5, 5.41) is 5.82. The summed E-state index contributed by atoms with van der Waals surface area (Å²) in [6.45, 7) is 2.07. The Morgan fingerprint density at radius 2 is 1.74 bits per heavy atom. The predicted octanol–water partition coefficient (Wildman–Crippen LogP) is 3.99. The third-order valence-corrected chi connectivity index (χ3v) is 9.45. The fraction of sp³-hybridized carbons (Fsp3) is 0.519. The number of sulfonamides is 1. The van der Waals surface area contributed by atoms with Gasteiger partial charge in [0.1, 0.15) is 6.04 Å². The number of fused-ring (bicyclic) bond motifs is 1. The summed E-state index contributed by atoms with van der Waals surface area (Å²) < 4.78 is 68.4. The van der Waals surface area contributed by atoms with Gasteiger partial charge in [0.25, 0.3) is 0 Å². The van der Waals surface area contributed by atoms with Crippen molar-refractivity contribution in [3.8, 4) is 0 Å². The summed E-state index contributed by atoms with van der Waals surface area (Å²) in [7, 11) is -3.92. The van der Waals surface area contributed by atoms with Crippen LogP contribution in [0.4, 0.5) is 18.9 Å². The van der Waals surface area contributed by atoms with Crippen molar-refractivity contribution in [1.82, 2.24) is 14.9 Å². The lowest BCUT2D eigenvalue weighted by atomic mass is 9.85. The monoisotopic (exact) mass is 550 g/mol. The molecule has 1 amide bonds. The SMILES string of the molecule is O=C(C1CCC(NS(=O)(=O)c2ccc3c(c2)NC(C(F)(F)F)CC3)CC1)N1CCNCC1c1ccccc1. The fourth-order valence-corrected chi connectivity index (χ4v) is 7.13. The van der Waals surface area contributed by atoms with Gasteiger partial charge in [-0.15, -0.1) is 0 Å². The van der Waals surface area contributed by atoms with Crippen molar-refractivity contribution in [1.29, 1.82) is 0 Å². The molecule has 1 saturated carbocycles. The first-order valence-electron chi connectivity index (χ1n) is 13.2. The molecule has 0 radical (unpaired) electrons. The molecule has 1 aliphatic carbocycles. The maximum Gasteiger partial charge on any atom is 0.408 e. The molecule has 11 heteroatoms. The number of aryl methyl sites for hydroxylation is 1. The third kappa shape index (κ3) is 5.84. The van der Waals surface area contributed by atoms with Crippen molar-refractivity contribution >= 4 is 21.6 Å². The highest BCUT2D eigenvalue weighted by molar-refractivity contribution is 7.89. The second-order valence-electron chi connectivity index (χ2n) is 10.4. The lowest BCUT2D eigenvalue weighted by Gasteiger charge is -2.40. The highest BCUT2D eigenvalue weighted by Gasteiger charge is 2.41. The van der Waals surface area contributed by atoms with Crippen molar-refractivity contribution in [3.63, 3.8) is 0 Å². The van der Waals surface area contributed by atoms with Crippen molar-refractivity contribution in [2.75, 3.05) is 25.0 Å². The number of hydrogen-bond acceptors (Lipinski definition) is 5. The number of anilines is 1. The molecule has 206 valence electrons. The van der Waals surface area contributed by atoms with Gasteiger partial charge in [-0.1, -0.05) is 36.4 Å². The van der Waals surface area contributed by atoms with Crippen LogP contribution in [0.2, 0.25) is 0 Å². The lowest BCUT2D eigenvalue weighted by Crippen LogP contribution is -2.51. The maximum atomic E-state index is 13.5. The highest BCUT2D eigenvalue weighted by atomic mass is 32.2. The zero-order valence-corrected chi connectivity index (χ0v) is 21.8. The molecule has 2 aromatic carbocycles. The first kappa shape index (κ1) is 27.0. The number of amides is 1. The number of carbonyl (C=O) groups excluding carboxylic acids is 1. The van der Waals surface area contributed by atoms with E-state index < -0.39 is 22.2 Å². The predicted molar refractivity (Wildman–Crippen MR) is 138 cm³/mol. The molecule has 2 unspecified atom stereocenters. The minimum Gasteiger partial charge on any atom is -0.374 e. The van der Waals surface area contributed by atoms with Crippen molar-refractivity contribution in [2.24, 2.45) is 5.92 Å². The Hall–Kier alpha value is -2.63. The Morgan fingerprint density at radius 3 is 2.45 bits per heavy atom. The van der Waals surface area contributed by atoms with Gasteiger partial charge in [0.15, 0.2) is 0 Å². The topological polar surface area (TPSA) is 90.5 Å². The van der Waals surface area contributed by atoms with E-state index in [1.165, 1.54) is 12.1 Å². The zero-order valence-electron chi connectivity index (χ0n) is 21.0. The van der Waals surface area contributed by atoms with Crippen LogP contribution in [-0.2, 0) is 21.2 Å². The number of benzene rings is 2. The van der Waals surface area contributed by atoms with E-state index in [-0.39, 0.29) is 47.3 Å². The largest absolute Gasteiger partial charge is 0.408 e. The molecule has 0 spiro atoms. The molecule has 0 bridgehead atoms. The maximum absolute atomic E-state index is 13.5. The molecular formula is C27H33F3N4O3S. The first-order chi connectivity index (χ1) is 18.1. The molecular weight excluding hydrogens is 517 g/mol. The molecule has 7 nitrogen and oxygen atoms in total. The van der Waals surface area contributed by atoms with Gasteiger partial charge in [-0.2, -0.15) is 13.2 Å². The number of nitrogens with one attached hydrogen (secondary N) is 3. The van der Waals surface area contributed by atoms with Gasteiger partial charge in [0, 0.05) is 37.3 Å². The molecule has 3 aliphatic rings. The van der Waals surface area contributed by atoms with Crippen LogP contribution in [0.25, 0.3) is 0 Å². The summed E-state index contributed by atoms with van der Waals surface area (Å²) in [5.74, 6) is -0.0473. The molecule has 1 saturated heterocycles. The summed E-state index contributed by atoms with van der Waals surface area (Å²) in [6, 6.07) is 12.2. The Morgan fingerprint density at radius 1 is 1.00 bits per heavy atom. The summed E-state index contributed by atoms with van der Waals surface area (Å²) in [4.78, 5) is 15.4. The molecule has 2 heterocycles. The molecule has 2 atom stereocenters. The molecule has 0 aromatic heterocycles. The Labute approximate surface area is 221 Å². The van der Waals surface area contributed by atoms with E-state index in [1.807, 2.05) is 35.2 Å². The highest BCUT2D eigenvalue weighted by Crippen LogP contribution is 2.35. The van der Waals surface area contributed by atoms with Crippen LogP contribution in [-0.4, -0.2) is 57.1 Å². The average Bonchev–Trinajstić information content (AvgIpc) is 2.92.